The molecule has 2 N–H and O–H groups in total. The largest absolute Gasteiger partial charge is 0.493 e. The van der Waals surface area contributed by atoms with Gasteiger partial charge in [0.15, 0.2) is 11.5 Å². The summed E-state index contributed by atoms with van der Waals surface area (Å²) in [6.45, 7) is 5.37. The van der Waals surface area contributed by atoms with Crippen LogP contribution >= 0.6 is 12.4 Å². The van der Waals surface area contributed by atoms with E-state index in [1.54, 1.807) is 14.2 Å². The number of nitrogens with one attached hydrogen (secondary N) is 2. The third-order valence-electron chi connectivity index (χ3n) is 5.39. The van der Waals surface area contributed by atoms with E-state index in [0.717, 1.165) is 30.9 Å². The molecule has 3 aromatic rings. The Morgan fingerprint density at radius 3 is 2.56 bits per heavy atom. The number of rotatable bonds is 4. The number of benzene rings is 2. The maximum absolute atomic E-state index is 5.46. The third kappa shape index (κ3) is 3.52. The van der Waals surface area contributed by atoms with Gasteiger partial charge in [-0.05, 0) is 68.1 Å². The molecular weight excluding hydrogens is 360 g/mol. The van der Waals surface area contributed by atoms with Crippen molar-refractivity contribution in [2.24, 2.45) is 0 Å². The highest BCUT2D eigenvalue weighted by atomic mass is 35.5. The molecule has 0 bridgehead atoms. The molecule has 4 nitrogen and oxygen atoms in total. The van der Waals surface area contributed by atoms with E-state index in [-0.39, 0.29) is 18.4 Å². The molecule has 27 heavy (non-hydrogen) atoms. The van der Waals surface area contributed by atoms with Gasteiger partial charge in [0.05, 0.1) is 20.3 Å². The zero-order chi connectivity index (χ0) is 18.3. The van der Waals surface area contributed by atoms with Crippen molar-refractivity contribution < 1.29 is 9.47 Å². The number of aromatic nitrogens is 1. The molecule has 5 heteroatoms. The van der Waals surface area contributed by atoms with Gasteiger partial charge in [-0.15, -0.1) is 12.4 Å². The minimum atomic E-state index is 0. The van der Waals surface area contributed by atoms with E-state index in [1.165, 1.54) is 38.9 Å². The van der Waals surface area contributed by atoms with Gasteiger partial charge in [0.1, 0.15) is 0 Å². The number of aryl methyl sites for hydroxylation is 2. The second kappa shape index (κ2) is 7.83. The van der Waals surface area contributed by atoms with Crippen LogP contribution in [0.15, 0.2) is 30.3 Å². The Labute approximate surface area is 166 Å². The monoisotopic (exact) mass is 386 g/mol. The van der Waals surface area contributed by atoms with Crippen LogP contribution in [0, 0.1) is 13.8 Å². The third-order valence-corrected chi connectivity index (χ3v) is 5.39. The Hall–Kier alpha value is -2.17. The molecule has 0 radical (unpaired) electrons. The van der Waals surface area contributed by atoms with Crippen molar-refractivity contribution in [3.63, 3.8) is 0 Å². The van der Waals surface area contributed by atoms with E-state index in [0.29, 0.717) is 0 Å². The van der Waals surface area contributed by atoms with E-state index >= 15 is 0 Å². The molecule has 4 rings (SSSR count). The molecule has 0 amide bonds. The topological polar surface area (TPSA) is 46.3 Å². The van der Waals surface area contributed by atoms with Gasteiger partial charge in [0.2, 0.25) is 0 Å². The molecule has 2 heterocycles. The van der Waals surface area contributed by atoms with Crippen molar-refractivity contribution in [3.8, 4) is 11.5 Å². The SMILES string of the molecule is COc1ccc(CC2NCCc3c2[nH]c2c(C)cc(C)cc32)cc1OC.Cl. The number of H-pyrrole nitrogens is 1. The van der Waals surface area contributed by atoms with Crippen LogP contribution in [0.4, 0.5) is 0 Å². The first-order chi connectivity index (χ1) is 12.6. The normalized spacial score (nSPS) is 15.9. The summed E-state index contributed by atoms with van der Waals surface area (Å²) in [6, 6.07) is 11.0. The van der Waals surface area contributed by atoms with Gasteiger partial charge < -0.3 is 19.8 Å². The van der Waals surface area contributed by atoms with Gasteiger partial charge >= 0.3 is 0 Å². The van der Waals surface area contributed by atoms with Crippen LogP contribution in [-0.4, -0.2) is 25.7 Å². The lowest BCUT2D eigenvalue weighted by Crippen LogP contribution is -2.31. The number of hydrogen-bond acceptors (Lipinski definition) is 3. The first-order valence-corrected chi connectivity index (χ1v) is 9.16. The molecule has 144 valence electrons. The van der Waals surface area contributed by atoms with Gasteiger partial charge in [0.25, 0.3) is 0 Å². The Morgan fingerprint density at radius 2 is 1.81 bits per heavy atom. The first-order valence-electron chi connectivity index (χ1n) is 9.16. The zero-order valence-corrected chi connectivity index (χ0v) is 17.1. The lowest BCUT2D eigenvalue weighted by atomic mass is 9.94. The molecule has 1 atom stereocenters. The average Bonchev–Trinajstić information content (AvgIpc) is 3.02. The number of fused-ring (bicyclic) bond motifs is 3. The van der Waals surface area contributed by atoms with Crippen molar-refractivity contribution in [1.82, 2.24) is 10.3 Å². The van der Waals surface area contributed by atoms with Gasteiger partial charge in [-0.25, -0.2) is 0 Å². The van der Waals surface area contributed by atoms with E-state index in [9.17, 15) is 0 Å². The fourth-order valence-corrected chi connectivity index (χ4v) is 4.18. The molecule has 2 aromatic carbocycles. The second-order valence-corrected chi connectivity index (χ2v) is 7.17. The van der Waals surface area contributed by atoms with Crippen LogP contribution in [0.2, 0.25) is 0 Å². The Bertz CT molecular complexity index is 965. The smallest absolute Gasteiger partial charge is 0.160 e. The Balaban J connectivity index is 0.00000210. The van der Waals surface area contributed by atoms with E-state index in [1.807, 2.05) is 6.07 Å². The zero-order valence-electron chi connectivity index (χ0n) is 16.3. The molecule has 0 saturated carbocycles. The van der Waals surface area contributed by atoms with Gasteiger partial charge in [-0.2, -0.15) is 0 Å². The molecule has 0 aliphatic carbocycles. The standard InChI is InChI=1S/C22H26N2O2.ClH/c1-13-9-14(2)21-17(10-13)16-7-8-23-18(22(16)24-21)11-15-5-6-19(25-3)20(12-15)26-4;/h5-6,9-10,12,18,23-24H,7-8,11H2,1-4H3;1H. The molecule has 1 aliphatic rings. The number of halogens is 1. The maximum Gasteiger partial charge on any atom is 0.160 e. The van der Waals surface area contributed by atoms with Crippen LogP contribution in [0.25, 0.3) is 10.9 Å². The molecule has 1 aliphatic heterocycles. The predicted octanol–water partition coefficient (Wildman–Crippen LogP) is 4.65. The molecule has 0 fully saturated rings. The van der Waals surface area contributed by atoms with Crippen molar-refractivity contribution in [3.05, 3.63) is 58.3 Å². The van der Waals surface area contributed by atoms with E-state index < -0.39 is 0 Å². The van der Waals surface area contributed by atoms with Gasteiger partial charge in [0, 0.05) is 16.6 Å². The summed E-state index contributed by atoms with van der Waals surface area (Å²) >= 11 is 0. The Morgan fingerprint density at radius 1 is 1.04 bits per heavy atom. The first kappa shape index (κ1) is 19.6. The summed E-state index contributed by atoms with van der Waals surface area (Å²) < 4.78 is 10.8. The molecule has 0 spiro atoms. The molecule has 1 aromatic heterocycles. The molecule has 0 saturated heterocycles. The van der Waals surface area contributed by atoms with Crippen molar-refractivity contribution in [1.29, 1.82) is 0 Å². The van der Waals surface area contributed by atoms with Crippen LogP contribution in [0.3, 0.4) is 0 Å². The van der Waals surface area contributed by atoms with Gasteiger partial charge in [-0.1, -0.05) is 17.7 Å². The van der Waals surface area contributed by atoms with Crippen molar-refractivity contribution >= 4 is 23.3 Å². The molecule has 1 unspecified atom stereocenters. The number of ether oxygens (including phenoxy) is 2. The predicted molar refractivity (Wildman–Crippen MR) is 113 cm³/mol. The highest BCUT2D eigenvalue weighted by Crippen LogP contribution is 2.35. The summed E-state index contributed by atoms with van der Waals surface area (Å²) in [6.07, 6.45) is 1.98. The highest BCUT2D eigenvalue weighted by molar-refractivity contribution is 5.88. The summed E-state index contributed by atoms with van der Waals surface area (Å²) in [7, 11) is 3.35. The van der Waals surface area contributed by atoms with Crippen LogP contribution in [-0.2, 0) is 12.8 Å². The summed E-state index contributed by atoms with van der Waals surface area (Å²) in [4.78, 5) is 3.71. The lowest BCUT2D eigenvalue weighted by molar-refractivity contribution is 0.354. The van der Waals surface area contributed by atoms with Crippen molar-refractivity contribution in [2.75, 3.05) is 20.8 Å². The average molecular weight is 387 g/mol. The summed E-state index contributed by atoms with van der Waals surface area (Å²) in [5, 5.41) is 5.07. The Kier molecular flexibility index (Phi) is 5.68. The molecular formula is C22H27ClN2O2. The number of aromatic amines is 1. The van der Waals surface area contributed by atoms with Crippen LogP contribution < -0.4 is 14.8 Å². The minimum absolute atomic E-state index is 0. The lowest BCUT2D eigenvalue weighted by Gasteiger charge is -2.25. The summed E-state index contributed by atoms with van der Waals surface area (Å²) in [5.41, 5.74) is 7.96. The fourth-order valence-electron chi connectivity index (χ4n) is 4.18. The number of methoxy groups -OCH3 is 2. The second-order valence-electron chi connectivity index (χ2n) is 7.17. The fraction of sp³-hybridized carbons (Fsp3) is 0.364. The highest BCUT2D eigenvalue weighted by Gasteiger charge is 2.25. The van der Waals surface area contributed by atoms with Crippen LogP contribution in [0.1, 0.15) is 34.0 Å². The van der Waals surface area contributed by atoms with Gasteiger partial charge in [-0.3, -0.25) is 0 Å². The van der Waals surface area contributed by atoms with Crippen LogP contribution in [0.5, 0.6) is 11.5 Å². The van der Waals surface area contributed by atoms with E-state index in [4.69, 9.17) is 9.47 Å². The maximum atomic E-state index is 5.46. The van der Waals surface area contributed by atoms with E-state index in [2.05, 4.69) is 48.4 Å². The van der Waals surface area contributed by atoms with Crippen molar-refractivity contribution in [2.45, 2.75) is 32.7 Å². The number of hydrogen-bond donors (Lipinski definition) is 2. The quantitative estimate of drug-likeness (QED) is 0.685. The minimum Gasteiger partial charge on any atom is -0.493 e. The summed E-state index contributed by atoms with van der Waals surface area (Å²) in [5.74, 6) is 1.55.